The minimum absolute atomic E-state index is 0.0130. The maximum Gasteiger partial charge on any atom is 0.232 e. The van der Waals surface area contributed by atoms with E-state index in [1.54, 1.807) is 0 Å². The quantitative estimate of drug-likeness (QED) is 0.0540. The molecule has 0 unspecified atom stereocenters. The van der Waals surface area contributed by atoms with E-state index in [0.717, 1.165) is 211 Å². The van der Waals surface area contributed by atoms with Gasteiger partial charge in [0.25, 0.3) is 0 Å². The molecule has 24 heteroatoms. The van der Waals surface area contributed by atoms with Crippen LogP contribution in [0.1, 0.15) is 462 Å². The third-order valence-corrected chi connectivity index (χ3v) is 30.4. The first-order valence-electron chi connectivity index (χ1n) is 52.7. The van der Waals surface area contributed by atoms with E-state index in [2.05, 4.69) is 229 Å². The Morgan fingerprint density at radius 3 is 0.724 bits per heavy atom. The fourth-order valence-corrected chi connectivity index (χ4v) is 25.3. The van der Waals surface area contributed by atoms with E-state index in [4.69, 9.17) is 65.7 Å². The first-order chi connectivity index (χ1) is 60.0. The summed E-state index contributed by atoms with van der Waals surface area (Å²) in [5, 5.41) is 29.1. The van der Waals surface area contributed by atoms with Crippen LogP contribution >= 0.6 is 11.6 Å². The maximum absolute atomic E-state index is 9.85. The van der Waals surface area contributed by atoms with Crippen LogP contribution in [-0.2, 0) is 24.2 Å². The number of halogens is 1. The highest BCUT2D eigenvalue weighted by Gasteiger charge is 2.56. The summed E-state index contributed by atoms with van der Waals surface area (Å²) in [5.41, 5.74) is -1.05. The summed E-state index contributed by atoms with van der Waals surface area (Å²) in [6.45, 7) is 63.5. The number of rotatable bonds is 37. The molecule has 0 aromatic carbocycles. The highest BCUT2D eigenvalue weighted by molar-refractivity contribution is 6.28. The van der Waals surface area contributed by atoms with Crippen molar-refractivity contribution in [1.82, 2.24) is 60.5 Å². The molecule has 5 aliphatic heterocycles. The van der Waals surface area contributed by atoms with Crippen LogP contribution in [0, 0.1) is 0 Å². The third-order valence-electron chi connectivity index (χ3n) is 30.3. The van der Waals surface area contributed by atoms with Crippen molar-refractivity contribution in [3.05, 3.63) is 5.28 Å². The number of nitrogens with one attached hydrogen (secondary N) is 2. The lowest BCUT2D eigenvalue weighted by molar-refractivity contribution is -0.310. The molecule has 10 fully saturated rings. The first-order valence-corrected chi connectivity index (χ1v) is 53.1. The van der Waals surface area contributed by atoms with Crippen molar-refractivity contribution in [1.29, 1.82) is 0 Å². The summed E-state index contributed by atoms with van der Waals surface area (Å²) in [7, 11) is 0. The summed E-state index contributed by atoms with van der Waals surface area (Å²) < 4.78 is 0. The molecule has 2 aromatic rings. The first kappa shape index (κ1) is 106. The molecule has 0 spiro atoms. The van der Waals surface area contributed by atoms with Crippen LogP contribution in [0.3, 0.4) is 0 Å². The lowest BCUT2D eigenvalue weighted by Gasteiger charge is -2.57. The lowest BCUT2D eigenvalue weighted by Crippen LogP contribution is -2.65. The summed E-state index contributed by atoms with van der Waals surface area (Å²) in [6.07, 6.45) is 54.2. The van der Waals surface area contributed by atoms with Gasteiger partial charge in [-0.3, -0.25) is 24.2 Å². The monoisotopic (exact) mass is 1800 g/mol. The van der Waals surface area contributed by atoms with E-state index in [-0.39, 0.29) is 91.4 Å². The van der Waals surface area contributed by atoms with Gasteiger partial charge in [-0.1, -0.05) is 163 Å². The largest absolute Gasteiger partial charge is 0.395 e. The van der Waals surface area contributed by atoms with Gasteiger partial charge in [0.05, 0.1) is 37.1 Å². The molecule has 5 saturated heterocycles. The van der Waals surface area contributed by atoms with Gasteiger partial charge in [-0.05, 0) is 317 Å². The zero-order chi connectivity index (χ0) is 92.4. The molecule has 7 heterocycles. The molecule has 23 nitrogen and oxygen atoms in total. The smallest absolute Gasteiger partial charge is 0.232 e. The average Bonchev–Trinajstić information content (AvgIpc) is 0.765. The van der Waals surface area contributed by atoms with Crippen molar-refractivity contribution in [2.45, 2.75) is 578 Å². The van der Waals surface area contributed by atoms with Gasteiger partial charge in [-0.2, -0.15) is 55.2 Å². The predicted octanol–water partition coefficient (Wildman–Crippen LogP) is 24.0. The van der Waals surface area contributed by atoms with Gasteiger partial charge in [0.15, 0.2) is 0 Å². The second-order valence-corrected chi connectivity index (χ2v) is 47.7. The number of hydroxylamine groups is 10. The molecule has 5 saturated carbocycles. The fourth-order valence-electron chi connectivity index (χ4n) is 25.2. The minimum Gasteiger partial charge on any atom is -0.395 e. The van der Waals surface area contributed by atoms with Gasteiger partial charge in [-0.25, -0.2) is 0 Å². The third kappa shape index (κ3) is 29.2. The highest BCUT2D eigenvalue weighted by atomic mass is 35.5. The molecular formula is C103H192ClN17O6. The summed E-state index contributed by atoms with van der Waals surface area (Å²) in [6, 6.07) is 1.58. The van der Waals surface area contributed by atoms with Gasteiger partial charge >= 0.3 is 0 Å². The van der Waals surface area contributed by atoms with Crippen LogP contribution in [-0.4, -0.2) is 222 Å². The number of piperidine rings is 5. The van der Waals surface area contributed by atoms with E-state index >= 15 is 0 Å². The number of hydrogen-bond donors (Lipinski definition) is 3. The number of aliphatic hydroxyl groups is 1. The summed E-state index contributed by atoms with van der Waals surface area (Å²) in [5.74, 6) is 3.46. The van der Waals surface area contributed by atoms with Crippen LogP contribution < -0.4 is 30.2 Å². The molecule has 5 aliphatic carbocycles. The second-order valence-electron chi connectivity index (χ2n) is 47.4. The SMILES string of the molecule is CCCCN(c1nc(Cl)nc(N(CCCC)C2CC(C)(C)N(OC3CCCCC3)C(C)(C)C2)n1)C1CC(C)(C)N(OC2CCCCC2)C(C)(C)C1.CCCCN(c1nc(NCCO)nc(N(CCCC)C2CC(C)(C)N(OC3CCCCC3)C(C)(C)C2)n1)C1CC(C)(C)N(OC2CCCCC2)C(C)(C)C1.CCCCNC1CC(C)(C)N(OC2CCCCC2)C(C)(C)C1. The molecule has 10 aliphatic rings. The molecule has 0 bridgehead atoms. The standard InChI is InChI=1S/C43H80N8O3.C41H74ClN7O2.C19H38N2O/c1-11-13-26-48(33-29-40(3,4)50(41(5,6)30-33)53-35-21-17-15-18-22-35)38-45-37(44-25-28-52)46-39(47-38)49(27-14-12-2)34-31-42(7,8)51(43(9,10)32-34)54-36-23-19-16-20-24-36;1-11-13-25-46(31-27-38(3,4)48(39(5,6)28-31)50-33-21-17-15-18-22-33)36-43-35(42)44-37(45-36)47(26-14-12-2)32-29-40(7,8)49(41(9,10)30-32)51-34-23-19-16-20-24-34;1-6-7-13-20-16-14-18(2,3)21(19(4,5)15-16)22-17-11-9-8-10-12-17/h33-36,52H,11-32H2,1-10H3,(H,44,45,46,47);31-34H,11-30H2,1-10H3;16-17,20H,6-15H2,1-5H3. The predicted molar refractivity (Wildman–Crippen MR) is 527 cm³/mol. The minimum atomic E-state index is -0.167. The molecular weight excluding hydrogens is 1610 g/mol. The van der Waals surface area contributed by atoms with Crippen LogP contribution in [0.15, 0.2) is 0 Å². The number of aromatic nitrogens is 6. The summed E-state index contributed by atoms with van der Waals surface area (Å²) in [4.78, 5) is 74.8. The van der Waals surface area contributed by atoms with Gasteiger partial charge in [0.1, 0.15) is 0 Å². The Morgan fingerprint density at radius 1 is 0.299 bits per heavy atom. The van der Waals surface area contributed by atoms with E-state index in [1.165, 1.54) is 135 Å². The van der Waals surface area contributed by atoms with Crippen LogP contribution in [0.2, 0.25) is 5.28 Å². The van der Waals surface area contributed by atoms with Gasteiger partial charge in [-0.15, -0.1) is 0 Å². The topological polar surface area (TPSA) is 197 Å². The molecule has 0 atom stereocenters. The Hall–Kier alpha value is -3.17. The Balaban J connectivity index is 0.000000215. The molecule has 127 heavy (non-hydrogen) atoms. The summed E-state index contributed by atoms with van der Waals surface area (Å²) >= 11 is 6.90. The van der Waals surface area contributed by atoms with Crippen molar-refractivity contribution < 1.29 is 29.3 Å². The second kappa shape index (κ2) is 47.1. The molecule has 0 amide bonds. The Morgan fingerprint density at radius 2 is 0.512 bits per heavy atom. The normalized spacial score (nSPS) is 25.2. The lowest BCUT2D eigenvalue weighted by atomic mass is 9.78. The van der Waals surface area contributed by atoms with Crippen molar-refractivity contribution >= 4 is 41.3 Å². The maximum atomic E-state index is 9.85. The van der Waals surface area contributed by atoms with E-state index < -0.39 is 0 Å². The van der Waals surface area contributed by atoms with Crippen molar-refractivity contribution in [2.75, 3.05) is 70.8 Å². The van der Waals surface area contributed by atoms with E-state index in [0.29, 0.717) is 49.1 Å². The number of unbranched alkanes of at least 4 members (excludes halogenated alkanes) is 5. The molecule has 12 rings (SSSR count). The molecule has 2 aromatic heterocycles. The van der Waals surface area contributed by atoms with E-state index in [1.807, 2.05) is 0 Å². The zero-order valence-corrected chi connectivity index (χ0v) is 86.9. The average molecular weight is 1800 g/mol. The van der Waals surface area contributed by atoms with Crippen molar-refractivity contribution in [3.63, 3.8) is 0 Å². The number of hydrogen-bond acceptors (Lipinski definition) is 23. The van der Waals surface area contributed by atoms with E-state index in [9.17, 15) is 5.11 Å². The Labute approximate surface area is 781 Å². The molecule has 732 valence electrons. The van der Waals surface area contributed by atoms with Crippen LogP contribution in [0.25, 0.3) is 0 Å². The van der Waals surface area contributed by atoms with Crippen LogP contribution in [0.5, 0.6) is 0 Å². The van der Waals surface area contributed by atoms with Gasteiger partial charge < -0.3 is 35.3 Å². The number of aliphatic hydroxyl groups excluding tert-OH is 1. The van der Waals surface area contributed by atoms with Gasteiger partial charge in [0.2, 0.25) is 35.0 Å². The van der Waals surface area contributed by atoms with Crippen LogP contribution in [0.4, 0.5) is 29.7 Å². The van der Waals surface area contributed by atoms with Crippen molar-refractivity contribution in [2.24, 2.45) is 0 Å². The fraction of sp³-hybridized carbons (Fsp3) is 0.942. The Kier molecular flexibility index (Phi) is 39.2. The number of nitrogens with zero attached hydrogens (tertiary/aromatic N) is 15. The van der Waals surface area contributed by atoms with Gasteiger partial charge in [0, 0.05) is 118 Å². The molecule has 3 N–H and O–H groups in total. The molecule has 0 radical (unpaired) electrons. The van der Waals surface area contributed by atoms with Crippen molar-refractivity contribution in [3.8, 4) is 0 Å². The Bertz CT molecular complexity index is 3260. The zero-order valence-electron chi connectivity index (χ0n) is 86.1. The number of anilines is 5. The highest BCUT2D eigenvalue weighted by Crippen LogP contribution is 2.50.